The summed E-state index contributed by atoms with van der Waals surface area (Å²) >= 11 is 0. The Balaban J connectivity index is 3.14. The number of carboxylic acid groups (broad SMARTS) is 1. The fourth-order valence-electron chi connectivity index (χ4n) is 1.09. The minimum atomic E-state index is -4.79. The molecule has 0 saturated carbocycles. The molecule has 0 aliphatic rings. The van der Waals surface area contributed by atoms with Crippen LogP contribution in [0.2, 0.25) is 0 Å². The summed E-state index contributed by atoms with van der Waals surface area (Å²) in [6.45, 7) is 0. The lowest BCUT2D eigenvalue weighted by Gasteiger charge is -2.08. The second-order valence-corrected chi connectivity index (χ2v) is 3.14. The molecule has 3 nitrogen and oxygen atoms in total. The lowest BCUT2D eigenvalue weighted by atomic mass is 10.1. The maximum Gasteiger partial charge on any atom is 0.419 e. The van der Waals surface area contributed by atoms with E-state index in [9.17, 15) is 22.4 Å². The molecule has 0 saturated heterocycles. The van der Waals surface area contributed by atoms with Crippen LogP contribution in [0, 0.1) is 5.82 Å². The summed E-state index contributed by atoms with van der Waals surface area (Å²) in [4.78, 5) is 10.3. The lowest BCUT2D eigenvalue weighted by molar-refractivity contribution is -0.140. The van der Waals surface area contributed by atoms with E-state index >= 15 is 0 Å². The zero-order valence-electron chi connectivity index (χ0n) is 8.25. The first-order valence-electron chi connectivity index (χ1n) is 4.29. The number of hydrogen-bond acceptors (Lipinski definition) is 2. The molecular weight excluding hydrogens is 242 g/mol. The third-order valence-electron chi connectivity index (χ3n) is 1.87. The number of halogens is 4. The minimum Gasteiger partial charge on any atom is -0.477 e. The van der Waals surface area contributed by atoms with Gasteiger partial charge in [-0.1, -0.05) is 6.07 Å². The number of benzene rings is 1. The van der Waals surface area contributed by atoms with Crippen molar-refractivity contribution in [3.8, 4) is 0 Å². The molecule has 0 atom stereocenters. The molecule has 3 N–H and O–H groups in total. The zero-order valence-corrected chi connectivity index (χ0v) is 8.25. The number of nitrogens with two attached hydrogens (primary N) is 1. The highest BCUT2D eigenvalue weighted by Crippen LogP contribution is 2.31. The summed E-state index contributed by atoms with van der Waals surface area (Å²) in [6.07, 6.45) is -3.92. The standard InChI is InChI=1S/C10H7F4NO2/c11-7-3-5(4-8(15)9(16)17)1-2-6(7)10(12,13)14/h1-4H,15H2,(H,16,17)/b8-4+. The molecule has 0 unspecified atom stereocenters. The van der Waals surface area contributed by atoms with E-state index in [4.69, 9.17) is 10.8 Å². The Kier molecular flexibility index (Phi) is 3.40. The molecule has 1 rings (SSSR count). The summed E-state index contributed by atoms with van der Waals surface area (Å²) in [6, 6.07) is 2.02. The topological polar surface area (TPSA) is 63.3 Å². The lowest BCUT2D eigenvalue weighted by Crippen LogP contribution is -2.10. The van der Waals surface area contributed by atoms with Gasteiger partial charge >= 0.3 is 12.1 Å². The summed E-state index contributed by atoms with van der Waals surface area (Å²) in [5.74, 6) is -2.92. The summed E-state index contributed by atoms with van der Waals surface area (Å²) in [5.41, 5.74) is 2.97. The van der Waals surface area contributed by atoms with Gasteiger partial charge in [-0.15, -0.1) is 0 Å². The van der Waals surface area contributed by atoms with Crippen molar-refractivity contribution in [2.45, 2.75) is 6.18 Å². The highest BCUT2D eigenvalue weighted by Gasteiger charge is 2.33. The smallest absolute Gasteiger partial charge is 0.419 e. The highest BCUT2D eigenvalue weighted by molar-refractivity contribution is 5.90. The molecule has 0 bridgehead atoms. The molecule has 0 spiro atoms. The van der Waals surface area contributed by atoms with Crippen LogP contribution in [0.25, 0.3) is 6.08 Å². The van der Waals surface area contributed by atoms with E-state index in [1.807, 2.05) is 0 Å². The molecular formula is C10H7F4NO2. The van der Waals surface area contributed by atoms with Gasteiger partial charge < -0.3 is 10.8 Å². The number of alkyl halides is 3. The van der Waals surface area contributed by atoms with E-state index in [2.05, 4.69) is 0 Å². The van der Waals surface area contributed by atoms with Crippen LogP contribution in [-0.4, -0.2) is 11.1 Å². The van der Waals surface area contributed by atoms with Crippen LogP contribution in [0.15, 0.2) is 23.9 Å². The fraction of sp³-hybridized carbons (Fsp3) is 0.100. The molecule has 17 heavy (non-hydrogen) atoms. The van der Waals surface area contributed by atoms with Crippen molar-refractivity contribution in [1.82, 2.24) is 0 Å². The normalized spacial score (nSPS) is 12.6. The highest BCUT2D eigenvalue weighted by atomic mass is 19.4. The van der Waals surface area contributed by atoms with Crippen LogP contribution in [0.1, 0.15) is 11.1 Å². The molecule has 0 radical (unpaired) electrons. The predicted molar refractivity (Wildman–Crippen MR) is 51.2 cm³/mol. The van der Waals surface area contributed by atoms with Crippen LogP contribution >= 0.6 is 0 Å². The van der Waals surface area contributed by atoms with Crippen LogP contribution in [0.4, 0.5) is 17.6 Å². The average molecular weight is 249 g/mol. The first-order valence-corrected chi connectivity index (χ1v) is 4.29. The van der Waals surface area contributed by atoms with E-state index in [1.54, 1.807) is 0 Å². The number of aliphatic carboxylic acids is 1. The van der Waals surface area contributed by atoms with E-state index < -0.39 is 29.2 Å². The SMILES string of the molecule is N/C(=C/c1ccc(C(F)(F)F)c(F)c1)C(=O)O. The van der Waals surface area contributed by atoms with Gasteiger partial charge in [0.2, 0.25) is 0 Å². The monoisotopic (exact) mass is 249 g/mol. The molecule has 0 aliphatic carbocycles. The average Bonchev–Trinajstić information content (AvgIpc) is 2.15. The minimum absolute atomic E-state index is 0.0598. The first-order chi connectivity index (χ1) is 7.71. The van der Waals surface area contributed by atoms with E-state index in [-0.39, 0.29) is 5.56 Å². The molecule has 1 aromatic carbocycles. The van der Waals surface area contributed by atoms with Crippen LogP contribution < -0.4 is 5.73 Å². The second kappa shape index (κ2) is 4.44. The van der Waals surface area contributed by atoms with Crippen molar-refractivity contribution in [2.24, 2.45) is 5.73 Å². The number of carboxylic acids is 1. The van der Waals surface area contributed by atoms with Crippen molar-refractivity contribution in [1.29, 1.82) is 0 Å². The van der Waals surface area contributed by atoms with Gasteiger partial charge in [-0.2, -0.15) is 13.2 Å². The van der Waals surface area contributed by atoms with Gasteiger partial charge in [0.25, 0.3) is 0 Å². The Bertz CT molecular complexity index is 480. The van der Waals surface area contributed by atoms with Gasteiger partial charge in [-0.05, 0) is 23.8 Å². The maximum atomic E-state index is 13.1. The summed E-state index contributed by atoms with van der Waals surface area (Å²) in [5, 5.41) is 8.43. The van der Waals surface area contributed by atoms with Crippen molar-refractivity contribution < 1.29 is 27.5 Å². The maximum absolute atomic E-state index is 13.1. The summed E-state index contributed by atoms with van der Waals surface area (Å²) < 4.78 is 49.7. The van der Waals surface area contributed by atoms with Crippen LogP contribution in [0.3, 0.4) is 0 Å². The van der Waals surface area contributed by atoms with Crippen molar-refractivity contribution in [3.63, 3.8) is 0 Å². The van der Waals surface area contributed by atoms with Crippen LogP contribution in [0.5, 0.6) is 0 Å². The van der Waals surface area contributed by atoms with Gasteiger partial charge in [0.15, 0.2) is 0 Å². The first kappa shape index (κ1) is 13.0. The Morgan fingerprint density at radius 3 is 2.35 bits per heavy atom. The quantitative estimate of drug-likeness (QED) is 0.624. The summed E-state index contributed by atoms with van der Waals surface area (Å²) in [7, 11) is 0. The van der Waals surface area contributed by atoms with Gasteiger partial charge in [-0.25, -0.2) is 9.18 Å². The molecule has 92 valence electrons. The molecule has 0 heterocycles. The Morgan fingerprint density at radius 1 is 1.35 bits per heavy atom. The number of rotatable bonds is 2. The molecule has 0 fully saturated rings. The fourth-order valence-corrected chi connectivity index (χ4v) is 1.09. The molecule has 0 amide bonds. The van der Waals surface area contributed by atoms with Crippen molar-refractivity contribution >= 4 is 12.0 Å². The van der Waals surface area contributed by atoms with E-state index in [1.165, 1.54) is 0 Å². The van der Waals surface area contributed by atoms with E-state index in [0.29, 0.717) is 12.1 Å². The molecule has 1 aromatic rings. The van der Waals surface area contributed by atoms with Crippen molar-refractivity contribution in [2.75, 3.05) is 0 Å². The zero-order chi connectivity index (χ0) is 13.2. The Hall–Kier alpha value is -2.05. The predicted octanol–water partition coefficient (Wildman–Crippen LogP) is 2.23. The van der Waals surface area contributed by atoms with Crippen molar-refractivity contribution in [3.05, 3.63) is 40.8 Å². The van der Waals surface area contributed by atoms with Gasteiger partial charge in [0.05, 0.1) is 5.56 Å². The van der Waals surface area contributed by atoms with Crippen LogP contribution in [-0.2, 0) is 11.0 Å². The molecule has 0 aromatic heterocycles. The Morgan fingerprint density at radius 2 is 1.94 bits per heavy atom. The largest absolute Gasteiger partial charge is 0.477 e. The Labute approximate surface area is 93.2 Å². The second-order valence-electron chi connectivity index (χ2n) is 3.14. The number of hydrogen-bond donors (Lipinski definition) is 2. The number of carbonyl (C=O) groups is 1. The third kappa shape index (κ3) is 3.20. The third-order valence-corrected chi connectivity index (χ3v) is 1.87. The van der Waals surface area contributed by atoms with Gasteiger partial charge in [-0.3, -0.25) is 0 Å². The van der Waals surface area contributed by atoms with Gasteiger partial charge in [0, 0.05) is 0 Å². The molecule has 7 heteroatoms. The van der Waals surface area contributed by atoms with E-state index in [0.717, 1.165) is 12.1 Å². The van der Waals surface area contributed by atoms with Gasteiger partial charge in [0.1, 0.15) is 11.5 Å². The molecule has 0 aliphatic heterocycles.